The minimum Gasteiger partial charge on any atom is -0.484 e. The van der Waals surface area contributed by atoms with Gasteiger partial charge in [0.05, 0.1) is 16.4 Å². The van der Waals surface area contributed by atoms with Gasteiger partial charge in [-0.05, 0) is 31.5 Å². The fraction of sp³-hybridized carbons (Fsp3) is 0.357. The highest BCUT2D eigenvalue weighted by atomic mass is 35.5. The number of alkyl halides is 1. The Labute approximate surface area is 127 Å². The Morgan fingerprint density at radius 1 is 1.40 bits per heavy atom. The zero-order valence-electron chi connectivity index (χ0n) is 11.3. The van der Waals surface area contributed by atoms with Crippen molar-refractivity contribution in [2.45, 2.75) is 32.9 Å². The number of ether oxygens (including phenoxy) is 1. The zero-order chi connectivity index (χ0) is 14.7. The summed E-state index contributed by atoms with van der Waals surface area (Å²) < 4.78 is 21.0. The first-order chi connectivity index (χ1) is 9.56. The molecule has 0 bridgehead atoms. The van der Waals surface area contributed by atoms with Crippen LogP contribution in [0.2, 0.25) is 5.02 Å². The molecule has 1 aromatic carbocycles. The fourth-order valence-corrected chi connectivity index (χ4v) is 2.25. The highest BCUT2D eigenvalue weighted by Crippen LogP contribution is 2.24. The van der Waals surface area contributed by atoms with E-state index in [4.69, 9.17) is 27.9 Å². The fourth-order valence-electron chi connectivity index (χ4n) is 1.90. The molecule has 0 unspecified atom stereocenters. The minimum atomic E-state index is -0.432. The van der Waals surface area contributed by atoms with Crippen molar-refractivity contribution in [2.24, 2.45) is 0 Å². The molecule has 108 valence electrons. The molecule has 0 saturated carbocycles. The van der Waals surface area contributed by atoms with Gasteiger partial charge < -0.3 is 4.74 Å². The average Bonchev–Trinajstić information content (AvgIpc) is 2.73. The summed E-state index contributed by atoms with van der Waals surface area (Å²) in [6, 6.07) is 4.67. The lowest BCUT2D eigenvalue weighted by atomic mass is 10.2. The van der Waals surface area contributed by atoms with Crippen molar-refractivity contribution >= 4 is 23.2 Å². The molecule has 0 radical (unpaired) electrons. The van der Waals surface area contributed by atoms with Crippen molar-refractivity contribution in [1.82, 2.24) is 9.78 Å². The molecule has 1 aromatic heterocycles. The molecule has 0 N–H and O–H groups in total. The summed E-state index contributed by atoms with van der Waals surface area (Å²) >= 11 is 11.8. The van der Waals surface area contributed by atoms with E-state index in [1.165, 1.54) is 6.07 Å². The first kappa shape index (κ1) is 15.1. The van der Waals surface area contributed by atoms with Crippen molar-refractivity contribution in [3.05, 3.63) is 46.0 Å². The lowest BCUT2D eigenvalue weighted by Gasteiger charge is -2.09. The van der Waals surface area contributed by atoms with Crippen LogP contribution in [-0.2, 0) is 19.0 Å². The largest absolute Gasteiger partial charge is 0.484 e. The SMILES string of the molecule is CCn1nc(C)c(Cl)c1COc1ccc(CCl)cc1F. The lowest BCUT2D eigenvalue weighted by Crippen LogP contribution is -2.07. The molecule has 0 fully saturated rings. The van der Waals surface area contributed by atoms with Gasteiger partial charge in [0.25, 0.3) is 0 Å². The number of hydrogen-bond acceptors (Lipinski definition) is 2. The summed E-state index contributed by atoms with van der Waals surface area (Å²) in [4.78, 5) is 0. The molecule has 0 aliphatic heterocycles. The molecule has 1 heterocycles. The van der Waals surface area contributed by atoms with Crippen molar-refractivity contribution in [1.29, 1.82) is 0 Å². The van der Waals surface area contributed by atoms with Crippen molar-refractivity contribution in [3.8, 4) is 5.75 Å². The molecule has 3 nitrogen and oxygen atoms in total. The van der Waals surface area contributed by atoms with Crippen LogP contribution in [0.5, 0.6) is 5.75 Å². The van der Waals surface area contributed by atoms with Gasteiger partial charge in [-0.25, -0.2) is 4.39 Å². The van der Waals surface area contributed by atoms with Crippen LogP contribution < -0.4 is 4.74 Å². The number of aromatic nitrogens is 2. The third-order valence-corrected chi connectivity index (χ3v) is 3.77. The molecule has 0 atom stereocenters. The second-order valence-electron chi connectivity index (χ2n) is 4.35. The van der Waals surface area contributed by atoms with Gasteiger partial charge in [0, 0.05) is 12.4 Å². The molecular weight excluding hydrogens is 302 g/mol. The van der Waals surface area contributed by atoms with Crippen LogP contribution in [0.15, 0.2) is 18.2 Å². The maximum Gasteiger partial charge on any atom is 0.165 e. The highest BCUT2D eigenvalue weighted by molar-refractivity contribution is 6.31. The molecule has 6 heteroatoms. The van der Waals surface area contributed by atoms with E-state index in [0.29, 0.717) is 17.1 Å². The van der Waals surface area contributed by atoms with E-state index in [1.807, 2.05) is 13.8 Å². The molecule has 2 aromatic rings. The van der Waals surface area contributed by atoms with Crippen molar-refractivity contribution in [3.63, 3.8) is 0 Å². The van der Waals surface area contributed by atoms with Crippen LogP contribution in [0, 0.1) is 12.7 Å². The van der Waals surface area contributed by atoms with E-state index in [0.717, 1.165) is 11.4 Å². The second-order valence-corrected chi connectivity index (χ2v) is 4.99. The Morgan fingerprint density at radius 2 is 2.15 bits per heavy atom. The van der Waals surface area contributed by atoms with Crippen molar-refractivity contribution < 1.29 is 9.13 Å². The monoisotopic (exact) mass is 316 g/mol. The highest BCUT2D eigenvalue weighted by Gasteiger charge is 2.14. The number of rotatable bonds is 5. The predicted octanol–water partition coefficient (Wildman–Crippen LogP) is 4.32. The number of nitrogens with zero attached hydrogens (tertiary/aromatic N) is 2. The summed E-state index contributed by atoms with van der Waals surface area (Å²) in [5, 5.41) is 4.84. The third kappa shape index (κ3) is 3.07. The van der Waals surface area contributed by atoms with E-state index >= 15 is 0 Å². The summed E-state index contributed by atoms with van der Waals surface area (Å²) in [6.07, 6.45) is 0. The Hall–Kier alpha value is -1.26. The number of benzene rings is 1. The van der Waals surface area contributed by atoms with Crippen LogP contribution in [0.1, 0.15) is 23.9 Å². The maximum absolute atomic E-state index is 13.8. The van der Waals surface area contributed by atoms with Gasteiger partial charge in [0.2, 0.25) is 0 Å². The van der Waals surface area contributed by atoms with Crippen LogP contribution >= 0.6 is 23.2 Å². The van der Waals surface area contributed by atoms with Gasteiger partial charge in [-0.2, -0.15) is 5.10 Å². The van der Waals surface area contributed by atoms with Gasteiger partial charge in [-0.1, -0.05) is 17.7 Å². The molecule has 20 heavy (non-hydrogen) atoms. The topological polar surface area (TPSA) is 27.1 Å². The van der Waals surface area contributed by atoms with Gasteiger partial charge in [-0.3, -0.25) is 4.68 Å². The molecule has 2 rings (SSSR count). The standard InChI is InChI=1S/C14H15Cl2FN2O/c1-3-19-12(14(16)9(2)18-19)8-20-13-5-4-10(7-15)6-11(13)17/h4-6H,3,7-8H2,1-2H3. The summed E-state index contributed by atoms with van der Waals surface area (Å²) in [6.45, 7) is 4.64. The van der Waals surface area contributed by atoms with Crippen molar-refractivity contribution in [2.75, 3.05) is 0 Å². The van der Waals surface area contributed by atoms with Crippen LogP contribution in [0.25, 0.3) is 0 Å². The Kier molecular flexibility index (Phi) is 4.89. The van der Waals surface area contributed by atoms with Gasteiger partial charge >= 0.3 is 0 Å². The molecule has 0 saturated heterocycles. The number of halogens is 3. The summed E-state index contributed by atoms with van der Waals surface area (Å²) in [5.41, 5.74) is 2.20. The quantitative estimate of drug-likeness (QED) is 0.768. The molecular formula is C14H15Cl2FN2O. The van der Waals surface area contributed by atoms with E-state index in [1.54, 1.807) is 16.8 Å². The molecule has 0 amide bonds. The summed E-state index contributed by atoms with van der Waals surface area (Å²) in [5.74, 6) is 0.0140. The second kappa shape index (κ2) is 6.46. The van der Waals surface area contributed by atoms with E-state index in [2.05, 4.69) is 5.10 Å². The minimum absolute atomic E-state index is 0.171. The van der Waals surface area contributed by atoms with Crippen LogP contribution in [0.4, 0.5) is 4.39 Å². The normalized spacial score (nSPS) is 10.8. The zero-order valence-corrected chi connectivity index (χ0v) is 12.8. The lowest BCUT2D eigenvalue weighted by molar-refractivity contribution is 0.278. The summed E-state index contributed by atoms with van der Waals surface area (Å²) in [7, 11) is 0. The third-order valence-electron chi connectivity index (χ3n) is 2.97. The van der Waals surface area contributed by atoms with Gasteiger partial charge in [-0.15, -0.1) is 11.6 Å². The van der Waals surface area contributed by atoms with Gasteiger partial charge in [0.15, 0.2) is 11.6 Å². The Bertz CT molecular complexity index is 613. The number of aryl methyl sites for hydroxylation is 2. The molecule has 0 aliphatic rings. The van der Waals surface area contributed by atoms with E-state index in [-0.39, 0.29) is 18.2 Å². The first-order valence-electron chi connectivity index (χ1n) is 6.25. The molecule has 0 aliphatic carbocycles. The maximum atomic E-state index is 13.8. The van der Waals surface area contributed by atoms with E-state index < -0.39 is 5.82 Å². The van der Waals surface area contributed by atoms with E-state index in [9.17, 15) is 4.39 Å². The Morgan fingerprint density at radius 3 is 2.75 bits per heavy atom. The van der Waals surface area contributed by atoms with Crippen LogP contribution in [0.3, 0.4) is 0 Å². The predicted molar refractivity (Wildman–Crippen MR) is 77.9 cm³/mol. The average molecular weight is 317 g/mol. The van der Waals surface area contributed by atoms with Crippen LogP contribution in [-0.4, -0.2) is 9.78 Å². The van der Waals surface area contributed by atoms with Gasteiger partial charge in [0.1, 0.15) is 6.61 Å². The number of hydrogen-bond donors (Lipinski definition) is 0. The first-order valence-corrected chi connectivity index (χ1v) is 7.17. The molecule has 0 spiro atoms. The Balaban J connectivity index is 2.17. The smallest absolute Gasteiger partial charge is 0.165 e.